The predicted molar refractivity (Wildman–Crippen MR) is 65.7 cm³/mol. The molecular formula is C13H8ClF3O3. The summed E-state index contributed by atoms with van der Waals surface area (Å²) in [6.07, 6.45) is -4.77. The molecule has 0 aliphatic carbocycles. The van der Waals surface area contributed by atoms with Crippen molar-refractivity contribution in [3.8, 4) is 17.1 Å². The van der Waals surface area contributed by atoms with Crippen molar-refractivity contribution >= 4 is 16.8 Å². The van der Waals surface area contributed by atoms with Crippen molar-refractivity contribution in [2.45, 2.75) is 13.3 Å². The average Bonchev–Trinajstić information content (AvgIpc) is 2.69. The Kier molecular flexibility index (Phi) is 3.76. The van der Waals surface area contributed by atoms with Gasteiger partial charge in [0.2, 0.25) is 0 Å². The van der Waals surface area contributed by atoms with Gasteiger partial charge in [-0.15, -0.1) is 13.2 Å². The topological polar surface area (TPSA) is 39.4 Å². The lowest BCUT2D eigenvalue weighted by Gasteiger charge is -2.09. The van der Waals surface area contributed by atoms with Gasteiger partial charge in [0.15, 0.2) is 0 Å². The van der Waals surface area contributed by atoms with Gasteiger partial charge < -0.3 is 9.15 Å². The Bertz CT molecular complexity index is 647. The molecule has 0 bridgehead atoms. The van der Waals surface area contributed by atoms with E-state index in [0.29, 0.717) is 11.3 Å². The highest BCUT2D eigenvalue weighted by atomic mass is 35.5. The Labute approximate surface area is 116 Å². The number of hydrogen-bond acceptors (Lipinski definition) is 3. The fraction of sp³-hybridized carbons (Fsp3) is 0.154. The summed E-state index contributed by atoms with van der Waals surface area (Å²) in [5.74, 6) is 0.157. The van der Waals surface area contributed by atoms with E-state index in [0.717, 1.165) is 6.07 Å². The number of rotatable bonds is 3. The van der Waals surface area contributed by atoms with Gasteiger partial charge in [0.1, 0.15) is 17.3 Å². The smallest absolute Gasteiger partial charge is 0.461 e. The molecule has 1 aromatic heterocycles. The van der Waals surface area contributed by atoms with Crippen LogP contribution in [0.4, 0.5) is 13.2 Å². The molecule has 20 heavy (non-hydrogen) atoms. The number of hydrogen-bond donors (Lipinski definition) is 0. The van der Waals surface area contributed by atoms with Crippen molar-refractivity contribution in [3.63, 3.8) is 0 Å². The second kappa shape index (κ2) is 5.20. The first-order valence-corrected chi connectivity index (χ1v) is 5.80. The number of ether oxygens (including phenoxy) is 1. The molecule has 0 radical (unpaired) electrons. The van der Waals surface area contributed by atoms with Gasteiger partial charge in [-0.25, -0.2) is 0 Å². The quantitative estimate of drug-likeness (QED) is 0.782. The lowest BCUT2D eigenvalue weighted by Crippen LogP contribution is -2.17. The number of benzene rings is 1. The molecule has 106 valence electrons. The molecule has 0 atom stereocenters. The third-order valence-electron chi connectivity index (χ3n) is 2.48. The highest BCUT2D eigenvalue weighted by Crippen LogP contribution is 2.30. The number of halogens is 4. The zero-order valence-corrected chi connectivity index (χ0v) is 10.9. The van der Waals surface area contributed by atoms with Crippen LogP contribution in [0, 0.1) is 6.92 Å². The maximum atomic E-state index is 12.1. The fourth-order valence-corrected chi connectivity index (χ4v) is 1.85. The Morgan fingerprint density at radius 2 is 2.00 bits per heavy atom. The van der Waals surface area contributed by atoms with Gasteiger partial charge in [-0.2, -0.15) is 0 Å². The van der Waals surface area contributed by atoms with Crippen molar-refractivity contribution in [1.29, 1.82) is 0 Å². The standard InChI is InChI=1S/C13H8ClF3O3/c1-7-10(12(14)18)6-11(19-7)8-3-2-4-9(5-8)20-13(15,16)17/h2-6H,1H3. The van der Waals surface area contributed by atoms with E-state index < -0.39 is 11.6 Å². The molecule has 1 heterocycles. The van der Waals surface area contributed by atoms with Crippen molar-refractivity contribution in [2.24, 2.45) is 0 Å². The van der Waals surface area contributed by atoms with E-state index in [2.05, 4.69) is 4.74 Å². The Morgan fingerprint density at radius 3 is 2.55 bits per heavy atom. The molecule has 0 saturated carbocycles. The monoisotopic (exact) mass is 304 g/mol. The van der Waals surface area contributed by atoms with Gasteiger partial charge in [0.05, 0.1) is 5.56 Å². The highest BCUT2D eigenvalue weighted by Gasteiger charge is 2.31. The molecule has 0 saturated heterocycles. The summed E-state index contributed by atoms with van der Waals surface area (Å²) in [6, 6.07) is 6.62. The van der Waals surface area contributed by atoms with E-state index >= 15 is 0 Å². The van der Waals surface area contributed by atoms with E-state index in [9.17, 15) is 18.0 Å². The van der Waals surface area contributed by atoms with Gasteiger partial charge in [-0.05, 0) is 36.7 Å². The van der Waals surface area contributed by atoms with Crippen molar-refractivity contribution in [2.75, 3.05) is 0 Å². The summed E-state index contributed by atoms with van der Waals surface area (Å²) in [7, 11) is 0. The first-order valence-electron chi connectivity index (χ1n) is 5.43. The highest BCUT2D eigenvalue weighted by molar-refractivity contribution is 6.67. The lowest BCUT2D eigenvalue weighted by atomic mass is 10.1. The van der Waals surface area contributed by atoms with Crippen LogP contribution in [0.5, 0.6) is 5.75 Å². The molecule has 7 heteroatoms. The van der Waals surface area contributed by atoms with Crippen molar-refractivity contribution in [1.82, 2.24) is 0 Å². The van der Waals surface area contributed by atoms with E-state index in [1.165, 1.54) is 31.2 Å². The normalized spacial score (nSPS) is 11.4. The molecule has 0 fully saturated rings. The fourth-order valence-electron chi connectivity index (χ4n) is 1.67. The van der Waals surface area contributed by atoms with Crippen LogP contribution in [0.15, 0.2) is 34.7 Å². The minimum atomic E-state index is -4.77. The molecule has 0 amide bonds. The predicted octanol–water partition coefficient (Wildman–Crippen LogP) is 4.53. The summed E-state index contributed by atoms with van der Waals surface area (Å²) < 4.78 is 45.5. The van der Waals surface area contributed by atoms with Crippen LogP contribution in [-0.4, -0.2) is 11.6 Å². The molecule has 1 aromatic carbocycles. The first kappa shape index (κ1) is 14.5. The van der Waals surface area contributed by atoms with Crippen LogP contribution in [0.1, 0.15) is 16.1 Å². The molecule has 0 aliphatic heterocycles. The largest absolute Gasteiger partial charge is 0.573 e. The summed E-state index contributed by atoms with van der Waals surface area (Å²) in [5, 5.41) is -0.694. The SMILES string of the molecule is Cc1oc(-c2cccc(OC(F)(F)F)c2)cc1C(=O)Cl. The maximum Gasteiger partial charge on any atom is 0.573 e. The Morgan fingerprint density at radius 1 is 1.30 bits per heavy atom. The third-order valence-corrected chi connectivity index (χ3v) is 2.69. The summed E-state index contributed by atoms with van der Waals surface area (Å²) >= 11 is 5.36. The maximum absolute atomic E-state index is 12.1. The van der Waals surface area contributed by atoms with E-state index in [4.69, 9.17) is 16.0 Å². The second-order valence-electron chi connectivity index (χ2n) is 3.93. The van der Waals surface area contributed by atoms with Gasteiger partial charge in [-0.1, -0.05) is 12.1 Å². The molecule has 0 spiro atoms. The minimum absolute atomic E-state index is 0.170. The average molecular weight is 305 g/mol. The van der Waals surface area contributed by atoms with Gasteiger partial charge in [0, 0.05) is 5.56 Å². The van der Waals surface area contributed by atoms with Gasteiger partial charge in [-0.3, -0.25) is 4.79 Å². The summed E-state index contributed by atoms with van der Waals surface area (Å²) in [4.78, 5) is 11.1. The molecule has 2 rings (SSSR count). The van der Waals surface area contributed by atoms with Crippen LogP contribution in [0.25, 0.3) is 11.3 Å². The Balaban J connectivity index is 2.36. The minimum Gasteiger partial charge on any atom is -0.461 e. The van der Waals surface area contributed by atoms with E-state index in [1.807, 2.05) is 0 Å². The number of carbonyl (C=O) groups is 1. The molecule has 0 aliphatic rings. The van der Waals surface area contributed by atoms with Crippen molar-refractivity contribution in [3.05, 3.63) is 41.7 Å². The number of aryl methyl sites for hydroxylation is 1. The molecule has 0 N–H and O–H groups in total. The number of carbonyl (C=O) groups excluding carboxylic acids is 1. The van der Waals surface area contributed by atoms with Gasteiger partial charge >= 0.3 is 6.36 Å². The molecule has 2 aromatic rings. The summed E-state index contributed by atoms with van der Waals surface area (Å²) in [5.41, 5.74) is 0.517. The van der Waals surface area contributed by atoms with Crippen LogP contribution in [0.3, 0.4) is 0 Å². The van der Waals surface area contributed by atoms with Crippen molar-refractivity contribution < 1.29 is 27.1 Å². The first-order chi connectivity index (χ1) is 9.26. The van der Waals surface area contributed by atoms with Crippen LogP contribution in [-0.2, 0) is 0 Å². The van der Waals surface area contributed by atoms with Crippen LogP contribution in [0.2, 0.25) is 0 Å². The summed E-state index contributed by atoms with van der Waals surface area (Å²) in [6.45, 7) is 1.54. The van der Waals surface area contributed by atoms with E-state index in [-0.39, 0.29) is 17.1 Å². The number of alkyl halides is 3. The zero-order chi connectivity index (χ0) is 14.9. The van der Waals surface area contributed by atoms with E-state index in [1.54, 1.807) is 0 Å². The van der Waals surface area contributed by atoms with Crippen LogP contribution < -0.4 is 4.74 Å². The number of furan rings is 1. The second-order valence-corrected chi connectivity index (χ2v) is 4.27. The lowest BCUT2D eigenvalue weighted by molar-refractivity contribution is -0.274. The molecule has 0 unspecified atom stereocenters. The molecule has 3 nitrogen and oxygen atoms in total. The molecular weight excluding hydrogens is 297 g/mol. The Hall–Kier alpha value is -1.95. The zero-order valence-electron chi connectivity index (χ0n) is 10.1. The van der Waals surface area contributed by atoms with Gasteiger partial charge in [0.25, 0.3) is 5.24 Å². The van der Waals surface area contributed by atoms with Crippen LogP contribution >= 0.6 is 11.6 Å². The third kappa shape index (κ3) is 3.33.